The molecule has 9 heteroatoms. The first-order valence-electron chi connectivity index (χ1n) is 9.58. The second kappa shape index (κ2) is 7.55. The zero-order chi connectivity index (χ0) is 21.5. The summed E-state index contributed by atoms with van der Waals surface area (Å²) in [6, 6.07) is 9.80. The molecule has 0 unspecified atom stereocenters. The molecule has 1 saturated heterocycles. The van der Waals surface area contributed by atoms with Crippen LogP contribution in [0, 0.1) is 0 Å². The van der Waals surface area contributed by atoms with Crippen LogP contribution < -0.4 is 15.0 Å². The number of alkyl halides is 3. The number of carbonyl (C=O) groups excluding carboxylic acids is 2. The van der Waals surface area contributed by atoms with Gasteiger partial charge in [-0.25, -0.2) is 0 Å². The highest BCUT2D eigenvalue weighted by atomic mass is 19.4. The van der Waals surface area contributed by atoms with Gasteiger partial charge in [0.1, 0.15) is 11.9 Å². The number of amides is 2. The average Bonchev–Trinajstić information content (AvgIpc) is 2.72. The SMILES string of the molecule is CN1c2cc(C(=O)Nc3ccc(OC(F)(F)F)cc3)ccc2C(=O)N2CCCC[C@@H]21. The van der Waals surface area contributed by atoms with Gasteiger partial charge >= 0.3 is 6.36 Å². The molecule has 30 heavy (non-hydrogen) atoms. The van der Waals surface area contributed by atoms with Gasteiger partial charge < -0.3 is 19.9 Å². The summed E-state index contributed by atoms with van der Waals surface area (Å²) < 4.78 is 40.6. The maximum Gasteiger partial charge on any atom is 0.573 e. The van der Waals surface area contributed by atoms with E-state index in [4.69, 9.17) is 0 Å². The summed E-state index contributed by atoms with van der Waals surface area (Å²) in [6.45, 7) is 0.726. The van der Waals surface area contributed by atoms with Crippen molar-refractivity contribution < 1.29 is 27.5 Å². The third-order valence-corrected chi connectivity index (χ3v) is 5.40. The zero-order valence-electron chi connectivity index (χ0n) is 16.2. The average molecular weight is 419 g/mol. The van der Waals surface area contributed by atoms with Crippen LogP contribution >= 0.6 is 0 Å². The Labute approximate surface area is 171 Å². The van der Waals surface area contributed by atoms with Crippen molar-refractivity contribution in [1.82, 2.24) is 4.90 Å². The van der Waals surface area contributed by atoms with Crippen molar-refractivity contribution in [3.8, 4) is 5.75 Å². The summed E-state index contributed by atoms with van der Waals surface area (Å²) in [5.41, 5.74) is 1.94. The molecular formula is C21H20F3N3O3. The quantitative estimate of drug-likeness (QED) is 0.809. The molecule has 0 aliphatic carbocycles. The second-order valence-electron chi connectivity index (χ2n) is 7.34. The number of carbonyl (C=O) groups is 2. The molecule has 2 aliphatic rings. The standard InChI is InChI=1S/C21H20F3N3O3/c1-26-17-12-13(5-10-16(17)20(29)27-11-3-2-4-18(26)27)19(28)25-14-6-8-15(9-7-14)30-21(22,23)24/h5-10,12,18H,2-4,11H2,1H3,(H,25,28)/t18-/m1/s1. The molecule has 0 radical (unpaired) electrons. The molecule has 0 aromatic heterocycles. The maximum absolute atomic E-state index is 12.8. The van der Waals surface area contributed by atoms with E-state index in [1.54, 1.807) is 18.2 Å². The van der Waals surface area contributed by atoms with Crippen molar-refractivity contribution in [2.75, 3.05) is 23.8 Å². The van der Waals surface area contributed by atoms with E-state index in [0.717, 1.165) is 37.9 Å². The van der Waals surface area contributed by atoms with Gasteiger partial charge in [0.15, 0.2) is 0 Å². The molecule has 2 aromatic rings. The summed E-state index contributed by atoms with van der Waals surface area (Å²) >= 11 is 0. The Morgan fingerprint density at radius 2 is 1.87 bits per heavy atom. The normalized spacial score (nSPS) is 18.5. The molecule has 0 spiro atoms. The van der Waals surface area contributed by atoms with E-state index in [2.05, 4.69) is 10.1 Å². The molecule has 2 amide bonds. The number of hydrogen-bond donors (Lipinski definition) is 1. The highest BCUT2D eigenvalue weighted by Gasteiger charge is 2.37. The van der Waals surface area contributed by atoms with Gasteiger partial charge in [0, 0.05) is 24.8 Å². The Morgan fingerprint density at radius 3 is 2.57 bits per heavy atom. The molecular weight excluding hydrogens is 399 g/mol. The van der Waals surface area contributed by atoms with Gasteiger partial charge in [-0.15, -0.1) is 13.2 Å². The van der Waals surface area contributed by atoms with E-state index in [1.807, 2.05) is 16.8 Å². The fourth-order valence-corrected chi connectivity index (χ4v) is 3.96. The summed E-state index contributed by atoms with van der Waals surface area (Å²) in [6.07, 6.45) is -1.88. The fraction of sp³-hybridized carbons (Fsp3) is 0.333. The van der Waals surface area contributed by atoms with Crippen molar-refractivity contribution in [2.24, 2.45) is 0 Å². The lowest BCUT2D eigenvalue weighted by atomic mass is 9.97. The Kier molecular flexibility index (Phi) is 5.05. The Hall–Kier alpha value is -3.23. The van der Waals surface area contributed by atoms with Crippen LogP contribution in [0.15, 0.2) is 42.5 Å². The van der Waals surface area contributed by atoms with Crippen LogP contribution in [0.25, 0.3) is 0 Å². The predicted molar refractivity (Wildman–Crippen MR) is 105 cm³/mol. The largest absolute Gasteiger partial charge is 0.573 e. The summed E-state index contributed by atoms with van der Waals surface area (Å²) in [7, 11) is 1.91. The van der Waals surface area contributed by atoms with Gasteiger partial charge in [0.25, 0.3) is 11.8 Å². The number of benzene rings is 2. The number of nitrogens with one attached hydrogen (secondary N) is 1. The summed E-state index contributed by atoms with van der Waals surface area (Å²) in [5.74, 6) is -0.819. The van der Waals surface area contributed by atoms with E-state index in [0.29, 0.717) is 22.5 Å². The predicted octanol–water partition coefficient (Wildman–Crippen LogP) is 4.24. The molecule has 2 aromatic carbocycles. The van der Waals surface area contributed by atoms with Crippen LogP contribution in [0.5, 0.6) is 5.75 Å². The van der Waals surface area contributed by atoms with Gasteiger partial charge in [-0.3, -0.25) is 9.59 Å². The number of piperidine rings is 1. The highest BCUT2D eigenvalue weighted by molar-refractivity contribution is 6.08. The lowest BCUT2D eigenvalue weighted by molar-refractivity contribution is -0.274. The number of anilines is 2. The molecule has 0 saturated carbocycles. The molecule has 2 heterocycles. The third kappa shape index (κ3) is 3.92. The molecule has 1 atom stereocenters. The minimum absolute atomic E-state index is 0.0155. The van der Waals surface area contributed by atoms with Crippen LogP contribution in [-0.2, 0) is 0 Å². The second-order valence-corrected chi connectivity index (χ2v) is 7.34. The number of ether oxygens (including phenoxy) is 1. The lowest BCUT2D eigenvalue weighted by Gasteiger charge is -2.46. The van der Waals surface area contributed by atoms with E-state index < -0.39 is 12.3 Å². The van der Waals surface area contributed by atoms with Crippen LogP contribution in [0.2, 0.25) is 0 Å². The van der Waals surface area contributed by atoms with Gasteiger partial charge in [-0.2, -0.15) is 0 Å². The smallest absolute Gasteiger partial charge is 0.406 e. The number of nitrogens with zero attached hydrogens (tertiary/aromatic N) is 2. The molecule has 1 N–H and O–H groups in total. The number of rotatable bonds is 3. The van der Waals surface area contributed by atoms with Crippen molar-refractivity contribution in [2.45, 2.75) is 31.8 Å². The Balaban J connectivity index is 1.52. The maximum atomic E-state index is 12.8. The van der Waals surface area contributed by atoms with Gasteiger partial charge in [0.2, 0.25) is 0 Å². The van der Waals surface area contributed by atoms with E-state index in [1.165, 1.54) is 12.1 Å². The van der Waals surface area contributed by atoms with Crippen molar-refractivity contribution in [3.05, 3.63) is 53.6 Å². The minimum atomic E-state index is -4.77. The highest BCUT2D eigenvalue weighted by Crippen LogP contribution is 2.35. The first kappa shape index (κ1) is 20.1. The minimum Gasteiger partial charge on any atom is -0.406 e. The Bertz CT molecular complexity index is 976. The molecule has 1 fully saturated rings. The number of halogens is 3. The van der Waals surface area contributed by atoms with Crippen LogP contribution in [-0.4, -0.2) is 42.8 Å². The first-order valence-corrected chi connectivity index (χ1v) is 9.58. The molecule has 6 nitrogen and oxygen atoms in total. The molecule has 4 rings (SSSR count). The summed E-state index contributed by atoms with van der Waals surface area (Å²) in [4.78, 5) is 29.3. The molecule has 158 valence electrons. The van der Waals surface area contributed by atoms with Gasteiger partial charge in [0.05, 0.1) is 11.3 Å². The lowest BCUT2D eigenvalue weighted by Crippen LogP contribution is -2.55. The van der Waals surface area contributed by atoms with Crippen LogP contribution in [0.3, 0.4) is 0 Å². The topological polar surface area (TPSA) is 61.9 Å². The monoisotopic (exact) mass is 419 g/mol. The zero-order valence-corrected chi connectivity index (χ0v) is 16.2. The molecule has 2 aliphatic heterocycles. The van der Waals surface area contributed by atoms with Crippen molar-refractivity contribution in [3.63, 3.8) is 0 Å². The van der Waals surface area contributed by atoms with E-state index in [9.17, 15) is 22.8 Å². The van der Waals surface area contributed by atoms with E-state index in [-0.39, 0.29) is 17.8 Å². The number of fused-ring (bicyclic) bond motifs is 2. The first-order chi connectivity index (χ1) is 14.2. The van der Waals surface area contributed by atoms with Gasteiger partial charge in [-0.05, 0) is 61.7 Å². The van der Waals surface area contributed by atoms with Crippen LogP contribution in [0.4, 0.5) is 24.5 Å². The van der Waals surface area contributed by atoms with Crippen molar-refractivity contribution in [1.29, 1.82) is 0 Å². The number of hydrogen-bond acceptors (Lipinski definition) is 4. The molecule has 0 bridgehead atoms. The fourth-order valence-electron chi connectivity index (χ4n) is 3.96. The summed E-state index contributed by atoms with van der Waals surface area (Å²) in [5, 5.41) is 2.65. The van der Waals surface area contributed by atoms with E-state index >= 15 is 0 Å². The van der Waals surface area contributed by atoms with Gasteiger partial charge in [-0.1, -0.05) is 0 Å². The Morgan fingerprint density at radius 1 is 1.13 bits per heavy atom. The third-order valence-electron chi connectivity index (χ3n) is 5.40. The van der Waals surface area contributed by atoms with Crippen molar-refractivity contribution >= 4 is 23.2 Å². The van der Waals surface area contributed by atoms with Crippen LogP contribution in [0.1, 0.15) is 40.0 Å².